The normalized spacial score (nSPS) is 28.9. The third-order valence-electron chi connectivity index (χ3n) is 2.81. The van der Waals surface area contributed by atoms with E-state index < -0.39 is 11.5 Å². The van der Waals surface area contributed by atoms with Crippen LogP contribution in [-0.4, -0.2) is 24.8 Å². The standard InChI is InChI=1S/C11H14O5/c1-8(14)11(2)4-9(15-6-12)3-10(5-11)16-7-13/h4,6-7,10H,3,5H2,1-2H3. The first-order valence-electron chi connectivity index (χ1n) is 4.94. The summed E-state index contributed by atoms with van der Waals surface area (Å²) >= 11 is 0. The molecule has 5 nitrogen and oxygen atoms in total. The maximum Gasteiger partial charge on any atom is 0.298 e. The zero-order chi connectivity index (χ0) is 12.2. The van der Waals surface area contributed by atoms with E-state index in [2.05, 4.69) is 0 Å². The number of hydrogen-bond acceptors (Lipinski definition) is 5. The van der Waals surface area contributed by atoms with Gasteiger partial charge in [-0.2, -0.15) is 0 Å². The smallest absolute Gasteiger partial charge is 0.298 e. The Bertz CT molecular complexity index is 333. The number of carbonyl (C=O) groups is 3. The molecule has 1 rings (SSSR count). The van der Waals surface area contributed by atoms with Crippen molar-refractivity contribution in [2.24, 2.45) is 5.41 Å². The van der Waals surface area contributed by atoms with Crippen molar-refractivity contribution < 1.29 is 23.9 Å². The molecule has 16 heavy (non-hydrogen) atoms. The Morgan fingerprint density at radius 2 is 2.19 bits per heavy atom. The van der Waals surface area contributed by atoms with E-state index in [4.69, 9.17) is 9.47 Å². The molecule has 0 aromatic heterocycles. The zero-order valence-corrected chi connectivity index (χ0v) is 9.26. The van der Waals surface area contributed by atoms with Crippen molar-refractivity contribution in [1.82, 2.24) is 0 Å². The van der Waals surface area contributed by atoms with Gasteiger partial charge in [0, 0.05) is 12.8 Å². The SMILES string of the molecule is CC(=O)C1(C)C=C(OC=O)CC(OC=O)C1. The number of ether oxygens (including phenoxy) is 2. The van der Waals surface area contributed by atoms with Gasteiger partial charge in [-0.25, -0.2) is 0 Å². The fourth-order valence-electron chi connectivity index (χ4n) is 1.81. The van der Waals surface area contributed by atoms with Gasteiger partial charge in [0.2, 0.25) is 0 Å². The predicted octanol–water partition coefficient (Wildman–Crippen LogP) is 0.974. The Hall–Kier alpha value is -1.65. The molecule has 0 spiro atoms. The molecule has 0 aliphatic heterocycles. The van der Waals surface area contributed by atoms with Crippen molar-refractivity contribution >= 4 is 18.7 Å². The van der Waals surface area contributed by atoms with E-state index >= 15 is 0 Å². The van der Waals surface area contributed by atoms with Crippen molar-refractivity contribution in [2.75, 3.05) is 0 Å². The number of carbonyl (C=O) groups excluding carboxylic acids is 3. The van der Waals surface area contributed by atoms with Gasteiger partial charge < -0.3 is 9.47 Å². The van der Waals surface area contributed by atoms with Crippen LogP contribution in [-0.2, 0) is 23.9 Å². The lowest BCUT2D eigenvalue weighted by molar-refractivity contribution is -0.139. The van der Waals surface area contributed by atoms with E-state index in [-0.39, 0.29) is 5.78 Å². The Labute approximate surface area is 93.4 Å². The van der Waals surface area contributed by atoms with Crippen LogP contribution >= 0.6 is 0 Å². The van der Waals surface area contributed by atoms with Gasteiger partial charge in [-0.05, 0) is 19.9 Å². The van der Waals surface area contributed by atoms with Gasteiger partial charge in [-0.3, -0.25) is 14.4 Å². The average Bonchev–Trinajstić information content (AvgIpc) is 2.17. The minimum atomic E-state index is -0.746. The van der Waals surface area contributed by atoms with Crippen molar-refractivity contribution in [2.45, 2.75) is 32.8 Å². The molecule has 0 saturated heterocycles. The van der Waals surface area contributed by atoms with E-state index in [1.54, 1.807) is 13.0 Å². The van der Waals surface area contributed by atoms with Gasteiger partial charge >= 0.3 is 0 Å². The number of rotatable bonds is 5. The van der Waals surface area contributed by atoms with Crippen LogP contribution in [0.1, 0.15) is 26.7 Å². The van der Waals surface area contributed by atoms with Gasteiger partial charge in [0.25, 0.3) is 12.9 Å². The van der Waals surface area contributed by atoms with Gasteiger partial charge in [0.1, 0.15) is 17.6 Å². The number of allylic oxidation sites excluding steroid dienone is 1. The molecule has 0 radical (unpaired) electrons. The summed E-state index contributed by atoms with van der Waals surface area (Å²) in [6.45, 7) is 3.83. The minimum Gasteiger partial charge on any atom is -0.464 e. The molecule has 0 aromatic rings. The summed E-state index contributed by atoms with van der Waals surface area (Å²) in [6, 6.07) is 0. The molecule has 1 aliphatic rings. The largest absolute Gasteiger partial charge is 0.464 e. The second-order valence-electron chi connectivity index (χ2n) is 4.06. The molecule has 0 heterocycles. The van der Waals surface area contributed by atoms with Gasteiger partial charge in [0.05, 0.1) is 5.41 Å². The topological polar surface area (TPSA) is 69.7 Å². The molecule has 5 heteroatoms. The van der Waals surface area contributed by atoms with Crippen molar-refractivity contribution in [3.8, 4) is 0 Å². The highest BCUT2D eigenvalue weighted by atomic mass is 16.5. The van der Waals surface area contributed by atoms with Crippen molar-refractivity contribution in [3.05, 3.63) is 11.8 Å². The van der Waals surface area contributed by atoms with E-state index in [9.17, 15) is 14.4 Å². The third kappa shape index (κ3) is 2.68. The summed E-state index contributed by atoms with van der Waals surface area (Å²) < 4.78 is 9.57. The van der Waals surface area contributed by atoms with Crippen LogP contribution in [0.3, 0.4) is 0 Å². The van der Waals surface area contributed by atoms with Crippen molar-refractivity contribution in [1.29, 1.82) is 0 Å². The van der Waals surface area contributed by atoms with Crippen LogP contribution in [0.5, 0.6) is 0 Å². The summed E-state index contributed by atoms with van der Waals surface area (Å²) in [7, 11) is 0. The van der Waals surface area contributed by atoms with Gasteiger partial charge in [0.15, 0.2) is 0 Å². The number of Topliss-reactive ketones (excluding diaryl/α,β-unsaturated/α-hetero) is 1. The van der Waals surface area contributed by atoms with Crippen molar-refractivity contribution in [3.63, 3.8) is 0 Å². The van der Waals surface area contributed by atoms with E-state index in [0.717, 1.165) is 0 Å². The lowest BCUT2D eigenvalue weighted by Crippen LogP contribution is -2.34. The lowest BCUT2D eigenvalue weighted by atomic mass is 9.76. The second-order valence-corrected chi connectivity index (χ2v) is 4.06. The van der Waals surface area contributed by atoms with Gasteiger partial charge in [-0.1, -0.05) is 0 Å². The summed E-state index contributed by atoms with van der Waals surface area (Å²) in [4.78, 5) is 32.0. The molecule has 0 amide bonds. The quantitative estimate of drug-likeness (QED) is 0.653. The van der Waals surface area contributed by atoms with Crippen LogP contribution < -0.4 is 0 Å². The molecule has 88 valence electrons. The highest BCUT2D eigenvalue weighted by Crippen LogP contribution is 2.36. The van der Waals surface area contributed by atoms with E-state index in [1.165, 1.54) is 6.92 Å². The second kappa shape index (κ2) is 4.92. The maximum absolute atomic E-state index is 11.5. The molecule has 2 unspecified atom stereocenters. The first-order chi connectivity index (χ1) is 7.51. The third-order valence-corrected chi connectivity index (χ3v) is 2.81. The first-order valence-corrected chi connectivity index (χ1v) is 4.94. The van der Waals surface area contributed by atoms with Crippen LogP contribution in [0, 0.1) is 5.41 Å². The van der Waals surface area contributed by atoms with Crippen LogP contribution in [0.25, 0.3) is 0 Å². The number of hydrogen-bond donors (Lipinski definition) is 0. The molecule has 1 aliphatic carbocycles. The molecule has 0 aromatic carbocycles. The minimum absolute atomic E-state index is 0.0568. The lowest BCUT2D eigenvalue weighted by Gasteiger charge is -2.32. The fourth-order valence-corrected chi connectivity index (χ4v) is 1.81. The predicted molar refractivity (Wildman–Crippen MR) is 54.2 cm³/mol. The zero-order valence-electron chi connectivity index (χ0n) is 9.26. The van der Waals surface area contributed by atoms with Crippen LogP contribution in [0.4, 0.5) is 0 Å². The summed E-state index contributed by atoms with van der Waals surface area (Å²) in [5, 5.41) is 0. The summed E-state index contributed by atoms with van der Waals surface area (Å²) in [6.07, 6.45) is 1.92. The molecule has 2 atom stereocenters. The van der Waals surface area contributed by atoms with E-state index in [1.807, 2.05) is 0 Å². The molecular weight excluding hydrogens is 212 g/mol. The molecule has 0 N–H and O–H groups in total. The van der Waals surface area contributed by atoms with Crippen LogP contribution in [0.15, 0.2) is 11.8 Å². The Kier molecular flexibility index (Phi) is 3.82. The molecule has 0 saturated carbocycles. The highest BCUT2D eigenvalue weighted by Gasteiger charge is 2.37. The summed E-state index contributed by atoms with van der Waals surface area (Å²) in [5.41, 5.74) is -0.746. The first kappa shape index (κ1) is 12.4. The molecular formula is C11H14O5. The maximum atomic E-state index is 11.5. The average molecular weight is 226 g/mol. The highest BCUT2D eigenvalue weighted by molar-refractivity contribution is 5.84. The Morgan fingerprint density at radius 1 is 1.50 bits per heavy atom. The molecule has 0 fully saturated rings. The Balaban J connectivity index is 2.92. The van der Waals surface area contributed by atoms with Gasteiger partial charge in [-0.15, -0.1) is 0 Å². The monoisotopic (exact) mass is 226 g/mol. The number of ketones is 1. The van der Waals surface area contributed by atoms with E-state index in [0.29, 0.717) is 31.5 Å². The fraction of sp³-hybridized carbons (Fsp3) is 0.545. The molecule has 0 bridgehead atoms. The Morgan fingerprint density at radius 3 is 2.69 bits per heavy atom. The van der Waals surface area contributed by atoms with Crippen LogP contribution in [0.2, 0.25) is 0 Å². The summed E-state index contributed by atoms with van der Waals surface area (Å²) in [5.74, 6) is 0.310.